The van der Waals surface area contributed by atoms with Crippen molar-refractivity contribution in [2.45, 2.75) is 11.3 Å². The van der Waals surface area contributed by atoms with Gasteiger partial charge >= 0.3 is 42.0 Å². The summed E-state index contributed by atoms with van der Waals surface area (Å²) in [6, 6.07) is 2.79. The molecule has 1 N–H and O–H groups in total. The number of carbonyl (C=O) groups excluding carboxylic acids is 1. The summed E-state index contributed by atoms with van der Waals surface area (Å²) in [7, 11) is -4.60. The number of para-hydroxylation sites is 1. The van der Waals surface area contributed by atoms with Gasteiger partial charge < -0.3 is 4.74 Å². The third-order valence-electron chi connectivity index (χ3n) is 2.21. The van der Waals surface area contributed by atoms with Crippen molar-refractivity contribution >= 4 is 45.6 Å². The van der Waals surface area contributed by atoms with Gasteiger partial charge in [-0.1, -0.05) is 12.1 Å². The molecular formula is C10H8F3N4NaO4S. The van der Waals surface area contributed by atoms with Gasteiger partial charge in [0.1, 0.15) is 23.3 Å². The number of amides is 1. The molecule has 0 saturated carbocycles. The molecule has 1 amide bonds. The number of rotatable bonds is 3. The Morgan fingerprint density at radius 2 is 1.91 bits per heavy atom. The summed E-state index contributed by atoms with van der Waals surface area (Å²) in [5.74, 6) is -0.964. The van der Waals surface area contributed by atoms with E-state index in [4.69, 9.17) is 0 Å². The van der Waals surface area contributed by atoms with Gasteiger partial charge in [0.2, 0.25) is 0 Å². The normalized spacial score (nSPS) is 11.4. The van der Waals surface area contributed by atoms with E-state index in [-0.39, 0.29) is 29.6 Å². The molecule has 0 aliphatic heterocycles. The van der Waals surface area contributed by atoms with Crippen LogP contribution in [0.4, 0.5) is 18.0 Å². The Morgan fingerprint density at radius 1 is 1.26 bits per heavy atom. The van der Waals surface area contributed by atoms with E-state index in [1.54, 1.807) is 4.72 Å². The van der Waals surface area contributed by atoms with Crippen molar-refractivity contribution in [2.75, 3.05) is 0 Å². The minimum atomic E-state index is -5.08. The SMILES string of the molecule is O=C(NS(=O)(=O)c1ccccc1OC(F)(F)F)n1cncn1.[NaH]. The van der Waals surface area contributed by atoms with Gasteiger partial charge in [-0.3, -0.25) is 0 Å². The van der Waals surface area contributed by atoms with Crippen molar-refractivity contribution < 1.29 is 31.1 Å². The molecule has 0 fully saturated rings. The van der Waals surface area contributed by atoms with Crippen LogP contribution in [-0.4, -0.2) is 65.1 Å². The van der Waals surface area contributed by atoms with Crippen LogP contribution in [0.3, 0.4) is 0 Å². The predicted octanol–water partition coefficient (Wildman–Crippen LogP) is 0.475. The second-order valence-corrected chi connectivity index (χ2v) is 5.40. The Kier molecular flexibility index (Phi) is 6.16. The number of ether oxygens (including phenoxy) is 1. The standard InChI is InChI=1S/C10H7F3N4O4S.Na.H/c11-10(12,13)21-7-3-1-2-4-8(7)22(19,20)16-9(18)17-6-14-5-15-17;;/h1-6H,(H,16,18);;. The van der Waals surface area contributed by atoms with E-state index >= 15 is 0 Å². The van der Waals surface area contributed by atoms with Crippen molar-refractivity contribution in [1.29, 1.82) is 0 Å². The third kappa shape index (κ3) is 5.20. The first kappa shape index (κ1) is 19.4. The zero-order valence-corrected chi connectivity index (χ0v) is 11.3. The van der Waals surface area contributed by atoms with Gasteiger partial charge in [0.05, 0.1) is 0 Å². The molecule has 0 radical (unpaired) electrons. The van der Waals surface area contributed by atoms with Crippen molar-refractivity contribution in [1.82, 2.24) is 19.5 Å². The van der Waals surface area contributed by atoms with Crippen LogP contribution in [-0.2, 0) is 10.0 Å². The van der Waals surface area contributed by atoms with Crippen LogP contribution in [0.1, 0.15) is 0 Å². The molecule has 2 aromatic rings. The number of carbonyl (C=O) groups is 1. The maximum absolute atomic E-state index is 12.3. The van der Waals surface area contributed by atoms with Crippen LogP contribution in [0.5, 0.6) is 5.75 Å². The summed E-state index contributed by atoms with van der Waals surface area (Å²) in [6.45, 7) is 0. The molecule has 0 bridgehead atoms. The van der Waals surface area contributed by atoms with Gasteiger partial charge in [0.15, 0.2) is 0 Å². The van der Waals surface area contributed by atoms with E-state index in [0.29, 0.717) is 4.68 Å². The molecule has 0 atom stereocenters. The number of halogens is 3. The predicted molar refractivity (Wildman–Crippen MR) is 71.4 cm³/mol. The van der Waals surface area contributed by atoms with E-state index < -0.39 is 33.1 Å². The molecule has 1 aromatic carbocycles. The van der Waals surface area contributed by atoms with Gasteiger partial charge in [0.25, 0.3) is 10.0 Å². The van der Waals surface area contributed by atoms with Gasteiger partial charge in [-0.25, -0.2) is 22.9 Å². The van der Waals surface area contributed by atoms with Crippen LogP contribution in [0.25, 0.3) is 0 Å². The first-order valence-electron chi connectivity index (χ1n) is 5.45. The Hall–Kier alpha value is -1.63. The fraction of sp³-hybridized carbons (Fsp3) is 0.100. The average molecular weight is 360 g/mol. The fourth-order valence-corrected chi connectivity index (χ4v) is 2.48. The first-order valence-corrected chi connectivity index (χ1v) is 6.94. The summed E-state index contributed by atoms with van der Waals surface area (Å²) in [5, 5.41) is 3.39. The maximum atomic E-state index is 12.3. The number of hydrogen-bond donors (Lipinski definition) is 1. The fourth-order valence-electron chi connectivity index (χ4n) is 1.41. The molecule has 0 aliphatic rings. The molecule has 0 aliphatic carbocycles. The minimum absolute atomic E-state index is 0. The molecule has 0 spiro atoms. The van der Waals surface area contributed by atoms with E-state index in [0.717, 1.165) is 30.9 Å². The van der Waals surface area contributed by atoms with Crippen LogP contribution in [0, 0.1) is 0 Å². The molecule has 1 heterocycles. The summed E-state index contributed by atoms with van der Waals surface area (Å²) in [6.07, 6.45) is -3.18. The molecule has 0 unspecified atom stereocenters. The first-order chi connectivity index (χ1) is 10.2. The number of alkyl halides is 3. The van der Waals surface area contributed by atoms with Gasteiger partial charge in [0, 0.05) is 0 Å². The zero-order valence-electron chi connectivity index (χ0n) is 10.5. The summed E-state index contributed by atoms with van der Waals surface area (Å²) in [5.41, 5.74) is 0. The molecule has 8 nitrogen and oxygen atoms in total. The van der Waals surface area contributed by atoms with Gasteiger partial charge in [-0.2, -0.15) is 9.78 Å². The number of aromatic nitrogens is 3. The van der Waals surface area contributed by atoms with Crippen molar-refractivity contribution in [3.05, 3.63) is 36.9 Å². The summed E-state index contributed by atoms with van der Waals surface area (Å²) in [4.78, 5) is 14.2. The molecular weight excluding hydrogens is 352 g/mol. The van der Waals surface area contributed by atoms with Crippen LogP contribution in [0.15, 0.2) is 41.8 Å². The number of benzene rings is 1. The summed E-state index contributed by atoms with van der Waals surface area (Å²) < 4.78 is 66.5. The Labute approximate surface area is 150 Å². The van der Waals surface area contributed by atoms with Crippen LogP contribution in [0.2, 0.25) is 0 Å². The van der Waals surface area contributed by atoms with E-state index in [2.05, 4.69) is 14.8 Å². The molecule has 120 valence electrons. The Balaban J connectivity index is 0.00000264. The van der Waals surface area contributed by atoms with Crippen molar-refractivity contribution in [3.8, 4) is 5.75 Å². The summed E-state index contributed by atoms with van der Waals surface area (Å²) >= 11 is 0. The van der Waals surface area contributed by atoms with E-state index in [9.17, 15) is 26.4 Å². The molecule has 0 saturated heterocycles. The topological polar surface area (TPSA) is 103 Å². The second-order valence-electron chi connectivity index (χ2n) is 3.75. The number of nitrogens with one attached hydrogen (secondary N) is 1. The number of sulfonamides is 1. The van der Waals surface area contributed by atoms with Gasteiger partial charge in [-0.05, 0) is 12.1 Å². The van der Waals surface area contributed by atoms with Crippen LogP contribution < -0.4 is 9.46 Å². The van der Waals surface area contributed by atoms with Crippen molar-refractivity contribution in [2.24, 2.45) is 0 Å². The molecule has 2 rings (SSSR count). The zero-order chi connectivity index (χ0) is 16.4. The average Bonchev–Trinajstić information content (AvgIpc) is 2.90. The number of hydrogen-bond acceptors (Lipinski definition) is 6. The molecule has 23 heavy (non-hydrogen) atoms. The Bertz CT molecular complexity index is 780. The Morgan fingerprint density at radius 3 is 2.48 bits per heavy atom. The number of nitrogens with zero attached hydrogens (tertiary/aromatic N) is 3. The van der Waals surface area contributed by atoms with E-state index in [1.165, 1.54) is 6.07 Å². The van der Waals surface area contributed by atoms with E-state index in [1.807, 2.05) is 0 Å². The van der Waals surface area contributed by atoms with Gasteiger partial charge in [-0.15, -0.1) is 13.2 Å². The quantitative estimate of drug-likeness (QED) is 0.799. The molecule has 1 aromatic heterocycles. The third-order valence-corrected chi connectivity index (χ3v) is 3.57. The monoisotopic (exact) mass is 360 g/mol. The molecule has 13 heteroatoms. The second kappa shape index (κ2) is 7.29. The van der Waals surface area contributed by atoms with Crippen LogP contribution >= 0.6 is 0 Å². The van der Waals surface area contributed by atoms with Crippen molar-refractivity contribution in [3.63, 3.8) is 0 Å².